The Bertz CT molecular complexity index is 394. The van der Waals surface area contributed by atoms with Gasteiger partial charge in [-0.05, 0) is 39.0 Å². The maximum Gasteiger partial charge on any atom is 0.159 e. The molecule has 0 heterocycles. The fourth-order valence-corrected chi connectivity index (χ4v) is 1.25. The van der Waals surface area contributed by atoms with E-state index in [4.69, 9.17) is 5.73 Å². The topological polar surface area (TPSA) is 75.3 Å². The van der Waals surface area contributed by atoms with Gasteiger partial charge in [-0.2, -0.15) is 0 Å². The summed E-state index contributed by atoms with van der Waals surface area (Å²) in [6, 6.07) is 5.10. The van der Waals surface area contributed by atoms with E-state index in [-0.39, 0.29) is 5.78 Å². The van der Waals surface area contributed by atoms with Gasteiger partial charge in [-0.15, -0.1) is 0 Å². The predicted octanol–water partition coefficient (Wildman–Crippen LogP) is 1.65. The number of nitrogens with two attached hydrogens (primary N) is 1. The number of carbonyl (C=O) groups is 1. The SMILES string of the molecule is CC(=O)c1ccc(NCC(C)(C)O)c(N)c1. The van der Waals surface area contributed by atoms with Crippen LogP contribution < -0.4 is 11.1 Å². The zero-order chi connectivity index (χ0) is 12.3. The van der Waals surface area contributed by atoms with Gasteiger partial charge in [-0.1, -0.05) is 0 Å². The first-order valence-corrected chi connectivity index (χ1v) is 5.16. The van der Waals surface area contributed by atoms with Gasteiger partial charge in [0.1, 0.15) is 0 Å². The average molecular weight is 222 g/mol. The molecule has 0 aromatic heterocycles. The Labute approximate surface area is 95.5 Å². The lowest BCUT2D eigenvalue weighted by atomic mass is 10.1. The molecule has 0 saturated heterocycles. The number of ketones is 1. The molecule has 0 aliphatic rings. The normalized spacial score (nSPS) is 11.2. The Morgan fingerprint density at radius 3 is 2.56 bits per heavy atom. The van der Waals surface area contributed by atoms with Crippen LogP contribution in [0.15, 0.2) is 18.2 Å². The third-order valence-corrected chi connectivity index (χ3v) is 2.17. The number of anilines is 2. The van der Waals surface area contributed by atoms with E-state index < -0.39 is 5.60 Å². The third-order valence-electron chi connectivity index (χ3n) is 2.17. The summed E-state index contributed by atoms with van der Waals surface area (Å²) in [7, 11) is 0. The van der Waals surface area contributed by atoms with Gasteiger partial charge < -0.3 is 16.2 Å². The largest absolute Gasteiger partial charge is 0.397 e. The van der Waals surface area contributed by atoms with E-state index in [9.17, 15) is 9.90 Å². The van der Waals surface area contributed by atoms with Gasteiger partial charge in [-0.25, -0.2) is 0 Å². The molecular formula is C12H18N2O2. The van der Waals surface area contributed by atoms with Crippen LogP contribution >= 0.6 is 0 Å². The summed E-state index contributed by atoms with van der Waals surface area (Å²) in [6.07, 6.45) is 0. The first-order chi connectivity index (χ1) is 7.29. The molecule has 0 atom stereocenters. The molecule has 0 unspecified atom stereocenters. The van der Waals surface area contributed by atoms with E-state index in [0.717, 1.165) is 5.69 Å². The van der Waals surface area contributed by atoms with Crippen LogP contribution in [0.1, 0.15) is 31.1 Å². The van der Waals surface area contributed by atoms with Crippen LogP contribution in [0, 0.1) is 0 Å². The minimum Gasteiger partial charge on any atom is -0.397 e. The van der Waals surface area contributed by atoms with Crippen LogP contribution in [-0.4, -0.2) is 23.0 Å². The van der Waals surface area contributed by atoms with E-state index in [2.05, 4.69) is 5.32 Å². The molecule has 4 nitrogen and oxygen atoms in total. The quantitative estimate of drug-likeness (QED) is 0.535. The second kappa shape index (κ2) is 4.53. The summed E-state index contributed by atoms with van der Waals surface area (Å²) in [5.41, 5.74) is 6.82. The monoisotopic (exact) mass is 222 g/mol. The van der Waals surface area contributed by atoms with E-state index in [0.29, 0.717) is 17.8 Å². The fourth-order valence-electron chi connectivity index (χ4n) is 1.25. The first-order valence-electron chi connectivity index (χ1n) is 5.16. The molecule has 0 saturated carbocycles. The van der Waals surface area contributed by atoms with Crippen LogP contribution in [0.25, 0.3) is 0 Å². The Balaban J connectivity index is 2.80. The summed E-state index contributed by atoms with van der Waals surface area (Å²) < 4.78 is 0. The van der Waals surface area contributed by atoms with Crippen LogP contribution in [0.2, 0.25) is 0 Å². The van der Waals surface area contributed by atoms with Gasteiger partial charge in [0.05, 0.1) is 17.0 Å². The summed E-state index contributed by atoms with van der Waals surface area (Å²) in [4.78, 5) is 11.1. The number of nitrogens with one attached hydrogen (secondary N) is 1. The number of aliphatic hydroxyl groups is 1. The summed E-state index contributed by atoms with van der Waals surface area (Å²) in [6.45, 7) is 5.32. The molecule has 16 heavy (non-hydrogen) atoms. The van der Waals surface area contributed by atoms with E-state index >= 15 is 0 Å². The molecule has 4 heteroatoms. The Kier molecular flexibility index (Phi) is 3.55. The van der Waals surface area contributed by atoms with E-state index in [1.54, 1.807) is 32.0 Å². The van der Waals surface area contributed by atoms with Crippen molar-refractivity contribution in [3.8, 4) is 0 Å². The van der Waals surface area contributed by atoms with E-state index in [1.807, 2.05) is 0 Å². The van der Waals surface area contributed by atoms with Crippen LogP contribution in [0.5, 0.6) is 0 Å². The van der Waals surface area contributed by atoms with Crippen molar-refractivity contribution in [2.75, 3.05) is 17.6 Å². The number of rotatable bonds is 4. The maximum atomic E-state index is 11.1. The van der Waals surface area contributed by atoms with Crippen molar-refractivity contribution in [1.82, 2.24) is 0 Å². The number of carbonyl (C=O) groups excluding carboxylic acids is 1. The molecule has 0 radical (unpaired) electrons. The minimum absolute atomic E-state index is 0.0132. The van der Waals surface area contributed by atoms with Crippen molar-refractivity contribution in [2.24, 2.45) is 0 Å². The van der Waals surface area contributed by atoms with Crippen LogP contribution in [0.3, 0.4) is 0 Å². The molecular weight excluding hydrogens is 204 g/mol. The molecule has 1 aromatic carbocycles. The summed E-state index contributed by atoms with van der Waals surface area (Å²) in [5.74, 6) is -0.0132. The van der Waals surface area contributed by atoms with Gasteiger partial charge >= 0.3 is 0 Å². The van der Waals surface area contributed by atoms with Crippen molar-refractivity contribution in [2.45, 2.75) is 26.4 Å². The highest BCUT2D eigenvalue weighted by molar-refractivity contribution is 5.95. The second-order valence-electron chi connectivity index (χ2n) is 4.52. The van der Waals surface area contributed by atoms with Crippen LogP contribution in [0.4, 0.5) is 11.4 Å². The number of hydrogen-bond acceptors (Lipinski definition) is 4. The zero-order valence-corrected chi connectivity index (χ0v) is 9.87. The summed E-state index contributed by atoms with van der Waals surface area (Å²) >= 11 is 0. The number of nitrogen functional groups attached to an aromatic ring is 1. The molecule has 4 N–H and O–H groups in total. The average Bonchev–Trinajstić information content (AvgIpc) is 2.14. The zero-order valence-electron chi connectivity index (χ0n) is 9.87. The number of Topliss-reactive ketones (excluding diaryl/α,β-unsaturated/α-hetero) is 1. The molecule has 0 amide bonds. The Morgan fingerprint density at radius 2 is 2.12 bits per heavy atom. The highest BCUT2D eigenvalue weighted by Gasteiger charge is 2.12. The van der Waals surface area contributed by atoms with Gasteiger partial charge in [0.15, 0.2) is 5.78 Å². The van der Waals surface area contributed by atoms with Gasteiger partial charge in [0.25, 0.3) is 0 Å². The van der Waals surface area contributed by atoms with Crippen molar-refractivity contribution < 1.29 is 9.90 Å². The number of benzene rings is 1. The Morgan fingerprint density at radius 1 is 1.50 bits per heavy atom. The van der Waals surface area contributed by atoms with Gasteiger partial charge in [-0.3, -0.25) is 4.79 Å². The minimum atomic E-state index is -0.800. The highest BCUT2D eigenvalue weighted by Crippen LogP contribution is 2.20. The molecule has 0 bridgehead atoms. The van der Waals surface area contributed by atoms with Crippen LogP contribution in [-0.2, 0) is 0 Å². The standard InChI is InChI=1S/C12H18N2O2/c1-8(15)9-4-5-11(10(13)6-9)14-7-12(2,3)16/h4-6,14,16H,7,13H2,1-3H3. The lowest BCUT2D eigenvalue weighted by Gasteiger charge is -2.19. The van der Waals surface area contributed by atoms with Crippen molar-refractivity contribution in [1.29, 1.82) is 0 Å². The first kappa shape index (κ1) is 12.5. The Hall–Kier alpha value is -1.55. The molecule has 0 aliphatic heterocycles. The second-order valence-corrected chi connectivity index (χ2v) is 4.52. The molecule has 88 valence electrons. The smallest absolute Gasteiger partial charge is 0.159 e. The van der Waals surface area contributed by atoms with Crippen molar-refractivity contribution >= 4 is 17.2 Å². The third kappa shape index (κ3) is 3.55. The summed E-state index contributed by atoms with van der Waals surface area (Å²) in [5, 5.41) is 12.6. The van der Waals surface area contributed by atoms with Crippen molar-refractivity contribution in [3.05, 3.63) is 23.8 Å². The maximum absolute atomic E-state index is 11.1. The highest BCUT2D eigenvalue weighted by atomic mass is 16.3. The molecule has 0 spiro atoms. The van der Waals surface area contributed by atoms with Gasteiger partial charge in [0, 0.05) is 12.1 Å². The molecule has 0 fully saturated rings. The lowest BCUT2D eigenvalue weighted by Crippen LogP contribution is -2.29. The lowest BCUT2D eigenvalue weighted by molar-refractivity contribution is 0.0944. The molecule has 1 aromatic rings. The molecule has 1 rings (SSSR count). The predicted molar refractivity (Wildman–Crippen MR) is 65.6 cm³/mol. The van der Waals surface area contributed by atoms with Crippen molar-refractivity contribution in [3.63, 3.8) is 0 Å². The van der Waals surface area contributed by atoms with E-state index in [1.165, 1.54) is 6.92 Å². The van der Waals surface area contributed by atoms with Gasteiger partial charge in [0.2, 0.25) is 0 Å². The molecule has 0 aliphatic carbocycles. The number of hydrogen-bond donors (Lipinski definition) is 3. The fraction of sp³-hybridized carbons (Fsp3) is 0.417.